The molecular formula is C18H13ClF6N2O4. The van der Waals surface area contributed by atoms with Crippen molar-refractivity contribution < 1.29 is 45.4 Å². The number of benzene rings is 2. The highest BCUT2D eigenvalue weighted by atomic mass is 35.5. The summed E-state index contributed by atoms with van der Waals surface area (Å²) in [5, 5.41) is 3.13. The highest BCUT2D eigenvalue weighted by Gasteiger charge is 2.63. The van der Waals surface area contributed by atoms with E-state index in [4.69, 9.17) is 11.6 Å². The van der Waals surface area contributed by atoms with Crippen molar-refractivity contribution in [2.24, 2.45) is 0 Å². The van der Waals surface area contributed by atoms with Gasteiger partial charge < -0.3 is 20.1 Å². The first-order valence-electron chi connectivity index (χ1n) is 8.15. The second kappa shape index (κ2) is 8.92. The van der Waals surface area contributed by atoms with Gasteiger partial charge in [0.05, 0.1) is 17.7 Å². The van der Waals surface area contributed by atoms with Gasteiger partial charge in [-0.2, -0.15) is 13.2 Å². The number of hydrogen-bond donors (Lipinski definition) is 2. The van der Waals surface area contributed by atoms with Gasteiger partial charge >= 0.3 is 24.2 Å². The van der Waals surface area contributed by atoms with Crippen LogP contribution in [0.25, 0.3) is 0 Å². The fourth-order valence-corrected chi connectivity index (χ4v) is 2.60. The number of carbonyl (C=O) groups excluding carboxylic acids is 2. The Labute approximate surface area is 176 Å². The van der Waals surface area contributed by atoms with Crippen LogP contribution in [0.3, 0.4) is 0 Å². The molecule has 13 heteroatoms. The van der Waals surface area contributed by atoms with Gasteiger partial charge in [0.1, 0.15) is 5.75 Å². The van der Waals surface area contributed by atoms with Crippen LogP contribution in [-0.2, 0) is 9.53 Å². The zero-order valence-electron chi connectivity index (χ0n) is 15.4. The zero-order chi connectivity index (χ0) is 23.4. The van der Waals surface area contributed by atoms with Gasteiger partial charge in [-0.05, 0) is 36.4 Å². The van der Waals surface area contributed by atoms with Crippen LogP contribution in [0, 0.1) is 0 Å². The van der Waals surface area contributed by atoms with E-state index in [1.165, 1.54) is 23.5 Å². The van der Waals surface area contributed by atoms with Gasteiger partial charge in [0.2, 0.25) is 0 Å². The van der Waals surface area contributed by atoms with Crippen LogP contribution in [0.2, 0.25) is 5.02 Å². The molecule has 31 heavy (non-hydrogen) atoms. The predicted molar refractivity (Wildman–Crippen MR) is 96.5 cm³/mol. The second-order valence-electron chi connectivity index (χ2n) is 5.87. The number of amides is 1. The smallest absolute Gasteiger partial charge is 0.466 e. The van der Waals surface area contributed by atoms with Gasteiger partial charge in [-0.3, -0.25) is 4.79 Å². The summed E-state index contributed by atoms with van der Waals surface area (Å²) in [5.74, 6) is -4.01. The lowest BCUT2D eigenvalue weighted by Gasteiger charge is -2.35. The first-order valence-corrected chi connectivity index (χ1v) is 8.53. The molecule has 6 nitrogen and oxygen atoms in total. The molecule has 168 valence electrons. The summed E-state index contributed by atoms with van der Waals surface area (Å²) in [4.78, 5) is 24.6. The van der Waals surface area contributed by atoms with Gasteiger partial charge in [0.15, 0.2) is 0 Å². The summed E-state index contributed by atoms with van der Waals surface area (Å²) in [7, 11) is 0.659. The van der Waals surface area contributed by atoms with E-state index < -0.39 is 41.5 Å². The molecule has 1 unspecified atom stereocenters. The van der Waals surface area contributed by atoms with E-state index in [1.54, 1.807) is 5.32 Å². The van der Waals surface area contributed by atoms with E-state index in [0.29, 0.717) is 19.2 Å². The Hall–Kier alpha value is -3.15. The molecule has 0 aliphatic carbocycles. The second-order valence-corrected chi connectivity index (χ2v) is 6.28. The lowest BCUT2D eigenvalue weighted by atomic mass is 10.1. The molecule has 0 spiro atoms. The van der Waals surface area contributed by atoms with Crippen molar-refractivity contribution in [1.29, 1.82) is 0 Å². The maximum absolute atomic E-state index is 14.0. The minimum atomic E-state index is -5.45. The highest BCUT2D eigenvalue weighted by Crippen LogP contribution is 2.34. The molecule has 2 aromatic rings. The van der Waals surface area contributed by atoms with Gasteiger partial charge in [-0.15, -0.1) is 13.2 Å². The average molecular weight is 471 g/mol. The van der Waals surface area contributed by atoms with Crippen LogP contribution < -0.4 is 15.4 Å². The molecule has 2 rings (SSSR count). The normalized spacial score (nSPS) is 13.7. The van der Waals surface area contributed by atoms with E-state index in [9.17, 15) is 35.9 Å². The Morgan fingerprint density at radius 3 is 2.00 bits per heavy atom. The standard InChI is InChI=1S/C18H13ClF6N2O4/c1-30-15(29)16(17(20,21)22,27-14(28)12-4-2-3-5-13(12)19)26-10-6-8-11(9-7-10)31-18(23,24)25/h2-9,26H,1H3,(H,27,28). The summed E-state index contributed by atoms with van der Waals surface area (Å²) in [6, 6.07) is 8.13. The Bertz CT molecular complexity index is 949. The lowest BCUT2D eigenvalue weighted by molar-refractivity contribution is -0.274. The van der Waals surface area contributed by atoms with Crippen LogP contribution in [0.1, 0.15) is 10.4 Å². The Balaban J connectivity index is 2.44. The molecule has 1 atom stereocenters. The topological polar surface area (TPSA) is 76.7 Å². The quantitative estimate of drug-likeness (QED) is 0.369. The van der Waals surface area contributed by atoms with Gasteiger partial charge in [0, 0.05) is 5.69 Å². The van der Waals surface area contributed by atoms with E-state index >= 15 is 0 Å². The first kappa shape index (κ1) is 24.1. The van der Waals surface area contributed by atoms with E-state index in [-0.39, 0.29) is 10.6 Å². The van der Waals surface area contributed by atoms with Crippen molar-refractivity contribution in [3.63, 3.8) is 0 Å². The molecule has 0 aliphatic rings. The molecule has 0 saturated carbocycles. The largest absolute Gasteiger partial charge is 0.573 e. The number of ether oxygens (including phenoxy) is 2. The molecule has 0 heterocycles. The molecule has 0 radical (unpaired) electrons. The number of esters is 1. The highest BCUT2D eigenvalue weighted by molar-refractivity contribution is 6.33. The monoisotopic (exact) mass is 470 g/mol. The lowest BCUT2D eigenvalue weighted by Crippen LogP contribution is -2.69. The van der Waals surface area contributed by atoms with E-state index in [1.807, 2.05) is 0 Å². The molecule has 0 saturated heterocycles. The molecule has 2 N–H and O–H groups in total. The Morgan fingerprint density at radius 2 is 1.52 bits per heavy atom. The third kappa shape index (κ3) is 5.72. The SMILES string of the molecule is COC(=O)C(NC(=O)c1ccccc1Cl)(Nc1ccc(OC(F)(F)F)cc1)C(F)(F)F. The van der Waals surface area contributed by atoms with Gasteiger partial charge in [0.25, 0.3) is 5.91 Å². The summed E-state index contributed by atoms with van der Waals surface area (Å²) in [6.45, 7) is 0. The number of methoxy groups -OCH3 is 1. The molecule has 0 aromatic heterocycles. The predicted octanol–water partition coefficient (Wildman–Crippen LogP) is 4.51. The molecular weight excluding hydrogens is 458 g/mol. The van der Waals surface area contributed by atoms with Crippen LogP contribution in [0.15, 0.2) is 48.5 Å². The number of nitrogens with one attached hydrogen (secondary N) is 2. The summed E-state index contributed by atoms with van der Waals surface area (Å²) >= 11 is 5.82. The van der Waals surface area contributed by atoms with Crippen LogP contribution >= 0.6 is 11.6 Å². The number of rotatable bonds is 6. The summed E-state index contributed by atoms with van der Waals surface area (Å²) in [5.41, 5.74) is -4.63. The summed E-state index contributed by atoms with van der Waals surface area (Å²) in [6.07, 6.45) is -10.5. The molecule has 0 aliphatic heterocycles. The molecule has 2 aromatic carbocycles. The van der Waals surface area contributed by atoms with Crippen LogP contribution in [-0.4, -0.2) is 37.2 Å². The maximum atomic E-state index is 14.0. The molecule has 0 fully saturated rings. The number of halogens is 7. The molecule has 1 amide bonds. The van der Waals surface area contributed by atoms with Crippen molar-refractivity contribution in [3.8, 4) is 5.75 Å². The minimum Gasteiger partial charge on any atom is -0.466 e. The van der Waals surface area contributed by atoms with Crippen LogP contribution in [0.4, 0.5) is 32.0 Å². The van der Waals surface area contributed by atoms with Gasteiger partial charge in [-0.1, -0.05) is 23.7 Å². The number of anilines is 1. The zero-order valence-corrected chi connectivity index (χ0v) is 16.2. The van der Waals surface area contributed by atoms with Crippen molar-refractivity contribution in [1.82, 2.24) is 5.32 Å². The van der Waals surface area contributed by atoms with E-state index in [0.717, 1.165) is 18.2 Å². The Morgan fingerprint density at radius 1 is 0.935 bits per heavy atom. The van der Waals surface area contributed by atoms with E-state index in [2.05, 4.69) is 9.47 Å². The van der Waals surface area contributed by atoms with Crippen molar-refractivity contribution in [2.75, 3.05) is 12.4 Å². The number of carbonyl (C=O) groups is 2. The maximum Gasteiger partial charge on any atom is 0.573 e. The fraction of sp³-hybridized carbons (Fsp3) is 0.222. The third-order valence-corrected chi connectivity index (χ3v) is 4.09. The fourth-order valence-electron chi connectivity index (χ4n) is 2.38. The van der Waals surface area contributed by atoms with Crippen LogP contribution in [0.5, 0.6) is 5.75 Å². The van der Waals surface area contributed by atoms with Gasteiger partial charge in [-0.25, -0.2) is 4.79 Å². The minimum absolute atomic E-state index is 0.186. The summed E-state index contributed by atoms with van der Waals surface area (Å²) < 4.78 is 86.6. The van der Waals surface area contributed by atoms with Crippen molar-refractivity contribution >= 4 is 29.2 Å². The average Bonchev–Trinajstić information content (AvgIpc) is 2.66. The number of alkyl halides is 6. The third-order valence-electron chi connectivity index (χ3n) is 3.76. The van der Waals surface area contributed by atoms with Crippen molar-refractivity contribution in [2.45, 2.75) is 18.2 Å². The van der Waals surface area contributed by atoms with Crippen molar-refractivity contribution in [3.05, 3.63) is 59.1 Å². The molecule has 0 bridgehead atoms. The number of hydrogen-bond acceptors (Lipinski definition) is 5. The Kier molecular flexibility index (Phi) is 6.94. The first-order chi connectivity index (χ1) is 14.3.